The highest BCUT2D eigenvalue weighted by atomic mass is 32.2. The van der Waals surface area contributed by atoms with Gasteiger partial charge in [0.25, 0.3) is 0 Å². The average molecular weight is 463 g/mol. The van der Waals surface area contributed by atoms with Gasteiger partial charge in [0.2, 0.25) is 0 Å². The van der Waals surface area contributed by atoms with Gasteiger partial charge in [0, 0.05) is 37.4 Å². The number of pyridine rings is 1. The molecule has 5 rings (SSSR count). The Balaban J connectivity index is 1.23. The molecule has 0 atom stereocenters. The van der Waals surface area contributed by atoms with E-state index in [4.69, 9.17) is 4.74 Å². The lowest BCUT2D eigenvalue weighted by atomic mass is 9.88. The Labute approximate surface area is 195 Å². The van der Waals surface area contributed by atoms with Gasteiger partial charge in [-0.3, -0.25) is 9.59 Å². The van der Waals surface area contributed by atoms with Crippen LogP contribution >= 0.6 is 11.8 Å². The Kier molecular flexibility index (Phi) is 5.89. The van der Waals surface area contributed by atoms with E-state index >= 15 is 0 Å². The molecule has 2 aromatic carbocycles. The molecule has 168 valence electrons. The van der Waals surface area contributed by atoms with Crippen LogP contribution in [0.2, 0.25) is 0 Å². The molecule has 0 saturated heterocycles. The number of aromatic nitrogens is 1. The van der Waals surface area contributed by atoms with Crippen LogP contribution in [0, 0.1) is 11.2 Å². The number of halogens is 1. The second-order valence-corrected chi connectivity index (χ2v) is 9.52. The van der Waals surface area contributed by atoms with Gasteiger partial charge in [-0.25, -0.2) is 9.37 Å². The van der Waals surface area contributed by atoms with Gasteiger partial charge in [0.05, 0.1) is 10.3 Å². The van der Waals surface area contributed by atoms with Crippen molar-refractivity contribution in [2.45, 2.75) is 30.6 Å². The molecule has 33 heavy (non-hydrogen) atoms. The molecule has 0 radical (unpaired) electrons. The topological polar surface area (TPSA) is 68.3 Å². The lowest BCUT2D eigenvalue weighted by molar-refractivity contribution is -0.133. The maximum atomic E-state index is 13.1. The number of hydrogen-bond acceptors (Lipinski definition) is 6. The number of carbonyl (C=O) groups excluding carboxylic acids is 2. The number of rotatable bonds is 8. The number of benzene rings is 2. The van der Waals surface area contributed by atoms with Crippen molar-refractivity contribution < 1.29 is 18.7 Å². The Morgan fingerprint density at radius 2 is 1.61 bits per heavy atom. The van der Waals surface area contributed by atoms with Crippen molar-refractivity contribution in [3.63, 3.8) is 0 Å². The van der Waals surface area contributed by atoms with Gasteiger partial charge in [-0.15, -0.1) is 11.8 Å². The Bertz CT molecular complexity index is 1190. The van der Waals surface area contributed by atoms with Crippen LogP contribution in [-0.2, 0) is 22.4 Å². The van der Waals surface area contributed by atoms with E-state index in [0.29, 0.717) is 18.6 Å². The zero-order valence-corrected chi connectivity index (χ0v) is 18.8. The van der Waals surface area contributed by atoms with E-state index in [9.17, 15) is 14.0 Å². The predicted molar refractivity (Wildman–Crippen MR) is 125 cm³/mol. The van der Waals surface area contributed by atoms with Crippen molar-refractivity contribution in [2.24, 2.45) is 5.41 Å². The monoisotopic (exact) mass is 462 g/mol. The highest BCUT2D eigenvalue weighted by Crippen LogP contribution is 2.49. The third-order valence-corrected chi connectivity index (χ3v) is 7.21. The highest BCUT2D eigenvalue weighted by Gasteiger charge is 2.54. The van der Waals surface area contributed by atoms with Crippen molar-refractivity contribution >= 4 is 29.1 Å². The van der Waals surface area contributed by atoms with Crippen LogP contribution in [0.15, 0.2) is 65.7 Å². The number of ether oxygens (including phenoxy) is 1. The molecular formula is C26H23FN2O3S. The molecule has 0 unspecified atom stereocenters. The quantitative estimate of drug-likeness (QED) is 0.462. The van der Waals surface area contributed by atoms with Crippen LogP contribution in [0.4, 0.5) is 10.2 Å². The van der Waals surface area contributed by atoms with Crippen LogP contribution in [0.3, 0.4) is 0 Å². The van der Waals surface area contributed by atoms with E-state index in [0.717, 1.165) is 39.9 Å². The first-order valence-corrected chi connectivity index (χ1v) is 12.0. The summed E-state index contributed by atoms with van der Waals surface area (Å²) in [6.45, 7) is 0.880. The SMILES string of the molecule is O=C(Cc1ccc(F)cc1)C1(C(=O)Cc2ccc(Oc3ccnc4c3SCCN4)cc2)CC1. The number of fused-ring (bicyclic) bond motifs is 1. The molecule has 0 bridgehead atoms. The largest absolute Gasteiger partial charge is 0.456 e. The minimum Gasteiger partial charge on any atom is -0.456 e. The minimum atomic E-state index is -0.885. The molecule has 7 heteroatoms. The lowest BCUT2D eigenvalue weighted by Crippen LogP contribution is -2.28. The van der Waals surface area contributed by atoms with Gasteiger partial charge in [0.1, 0.15) is 23.1 Å². The average Bonchev–Trinajstić information content (AvgIpc) is 3.65. The third kappa shape index (κ3) is 4.64. The standard InChI is InChI=1S/C26H23FN2O3S/c27-19-5-1-17(2-6-19)15-22(30)26(10-11-26)23(31)16-18-3-7-20(8-4-18)32-21-9-12-28-25-24(21)33-14-13-29-25/h1-9,12H,10-11,13-16H2,(H,28,29). The van der Waals surface area contributed by atoms with Crippen LogP contribution < -0.4 is 10.1 Å². The predicted octanol–water partition coefficient (Wildman–Crippen LogP) is 5.23. The molecule has 2 aliphatic rings. The van der Waals surface area contributed by atoms with Crippen molar-refractivity contribution in [3.05, 3.63) is 77.7 Å². The zero-order chi connectivity index (χ0) is 22.8. The first-order chi connectivity index (χ1) is 16.0. The van der Waals surface area contributed by atoms with E-state index in [1.807, 2.05) is 30.3 Å². The van der Waals surface area contributed by atoms with E-state index in [2.05, 4.69) is 10.3 Å². The molecule has 0 amide bonds. The molecule has 1 fully saturated rings. The first kappa shape index (κ1) is 21.6. The number of carbonyl (C=O) groups is 2. The van der Waals surface area contributed by atoms with Gasteiger partial charge in [0.15, 0.2) is 11.6 Å². The summed E-state index contributed by atoms with van der Waals surface area (Å²) in [5, 5.41) is 3.27. The number of nitrogens with one attached hydrogen (secondary N) is 1. The molecule has 1 saturated carbocycles. The second kappa shape index (κ2) is 8.98. The number of thioether (sulfide) groups is 1. The fourth-order valence-corrected chi connectivity index (χ4v) is 4.97. The van der Waals surface area contributed by atoms with Crippen molar-refractivity contribution in [3.8, 4) is 11.5 Å². The third-order valence-electron chi connectivity index (χ3n) is 6.12. The second-order valence-electron chi connectivity index (χ2n) is 8.42. The molecule has 1 aliphatic heterocycles. The summed E-state index contributed by atoms with van der Waals surface area (Å²) in [6.07, 6.45) is 3.26. The summed E-state index contributed by atoms with van der Waals surface area (Å²) in [7, 11) is 0. The van der Waals surface area contributed by atoms with Crippen LogP contribution in [0.25, 0.3) is 0 Å². The fraction of sp³-hybridized carbons (Fsp3) is 0.269. The minimum absolute atomic E-state index is 0.0473. The summed E-state index contributed by atoms with van der Waals surface area (Å²) in [4.78, 5) is 31.2. The van der Waals surface area contributed by atoms with Gasteiger partial charge in [-0.05, 0) is 48.2 Å². The smallest absolute Gasteiger partial charge is 0.150 e. The molecule has 0 spiro atoms. The zero-order valence-electron chi connectivity index (χ0n) is 18.0. The number of anilines is 1. The van der Waals surface area contributed by atoms with Gasteiger partial charge in [-0.1, -0.05) is 24.3 Å². The molecule has 1 aliphatic carbocycles. The van der Waals surface area contributed by atoms with Crippen molar-refractivity contribution in [2.75, 3.05) is 17.6 Å². The summed E-state index contributed by atoms with van der Waals surface area (Å²) in [5.41, 5.74) is 0.693. The Hall–Kier alpha value is -3.19. The van der Waals surface area contributed by atoms with Gasteiger partial charge in [-0.2, -0.15) is 0 Å². The normalized spacial score (nSPS) is 15.8. The van der Waals surface area contributed by atoms with Crippen LogP contribution in [0.5, 0.6) is 11.5 Å². The number of hydrogen-bond donors (Lipinski definition) is 1. The summed E-state index contributed by atoms with van der Waals surface area (Å²) in [5.74, 6) is 2.77. The van der Waals surface area contributed by atoms with Gasteiger partial charge < -0.3 is 10.1 Å². The van der Waals surface area contributed by atoms with E-state index in [-0.39, 0.29) is 30.2 Å². The van der Waals surface area contributed by atoms with E-state index < -0.39 is 5.41 Å². The molecule has 3 aromatic rings. The molecule has 2 heterocycles. The lowest BCUT2D eigenvalue weighted by Gasteiger charge is -2.19. The van der Waals surface area contributed by atoms with Crippen molar-refractivity contribution in [1.82, 2.24) is 4.98 Å². The highest BCUT2D eigenvalue weighted by molar-refractivity contribution is 7.99. The number of nitrogens with zero attached hydrogens (tertiary/aromatic N) is 1. The maximum Gasteiger partial charge on any atom is 0.150 e. The summed E-state index contributed by atoms with van der Waals surface area (Å²) >= 11 is 1.71. The number of Topliss-reactive ketones (excluding diaryl/α,β-unsaturated/α-hetero) is 2. The maximum absolute atomic E-state index is 13.1. The van der Waals surface area contributed by atoms with E-state index in [1.54, 1.807) is 30.1 Å². The molecule has 5 nitrogen and oxygen atoms in total. The molecule has 1 aromatic heterocycles. The van der Waals surface area contributed by atoms with Crippen LogP contribution in [0.1, 0.15) is 24.0 Å². The number of ketones is 2. The molecular weight excluding hydrogens is 439 g/mol. The Morgan fingerprint density at radius 3 is 2.24 bits per heavy atom. The summed E-state index contributed by atoms with van der Waals surface area (Å²) < 4.78 is 19.2. The van der Waals surface area contributed by atoms with Gasteiger partial charge >= 0.3 is 0 Å². The first-order valence-electron chi connectivity index (χ1n) is 11.0. The Morgan fingerprint density at radius 1 is 0.970 bits per heavy atom. The summed E-state index contributed by atoms with van der Waals surface area (Å²) in [6, 6.07) is 15.1. The fourth-order valence-electron chi connectivity index (χ4n) is 4.05. The van der Waals surface area contributed by atoms with Crippen LogP contribution in [-0.4, -0.2) is 28.8 Å². The molecule has 1 N–H and O–H groups in total. The van der Waals surface area contributed by atoms with Crippen molar-refractivity contribution in [1.29, 1.82) is 0 Å². The van der Waals surface area contributed by atoms with E-state index in [1.165, 1.54) is 12.1 Å².